The van der Waals surface area contributed by atoms with Gasteiger partial charge in [0, 0.05) is 12.2 Å². The van der Waals surface area contributed by atoms with Gasteiger partial charge in [-0.3, -0.25) is 0 Å². The summed E-state index contributed by atoms with van der Waals surface area (Å²) in [5.41, 5.74) is 9.85. The predicted octanol–water partition coefficient (Wildman–Crippen LogP) is 1.48. The molecule has 3 heterocycles. The molecule has 4 nitrogen and oxygen atoms in total. The predicted molar refractivity (Wildman–Crippen MR) is 66.6 cm³/mol. The van der Waals surface area contributed by atoms with Gasteiger partial charge in [-0.05, 0) is 42.0 Å². The fraction of sp³-hybridized carbons (Fsp3) is 0.455. The molecule has 3 N–H and O–H groups in total. The molecule has 0 fully saturated rings. The molecular weight excluding hydrogens is 220 g/mol. The molecule has 1 aliphatic rings. The minimum absolute atomic E-state index is 0.634. The summed E-state index contributed by atoms with van der Waals surface area (Å²) >= 11 is 1.40. The van der Waals surface area contributed by atoms with Crippen LogP contribution in [0.15, 0.2) is 0 Å². The number of fused-ring (bicyclic) bond motifs is 3. The van der Waals surface area contributed by atoms with Crippen molar-refractivity contribution in [2.45, 2.75) is 26.3 Å². The standard InChI is InChI=1S/C11H14N4S/c1-2-8-6-3-4-13-5-7(6)9-10(12)15-16-11(9)14-8/h13H,2-5H2,1H3,(H2,12,15). The third-order valence-electron chi connectivity index (χ3n) is 3.14. The lowest BCUT2D eigenvalue weighted by Crippen LogP contribution is -2.25. The van der Waals surface area contributed by atoms with E-state index in [1.54, 1.807) is 0 Å². The molecule has 0 saturated carbocycles. The van der Waals surface area contributed by atoms with Crippen LogP contribution in [0.25, 0.3) is 10.2 Å². The molecule has 0 atom stereocenters. The van der Waals surface area contributed by atoms with Gasteiger partial charge in [-0.25, -0.2) is 4.98 Å². The van der Waals surface area contributed by atoms with E-state index in [2.05, 4.69) is 21.6 Å². The Labute approximate surface area is 98.0 Å². The fourth-order valence-electron chi connectivity index (χ4n) is 2.38. The average Bonchev–Trinajstić information content (AvgIpc) is 2.70. The van der Waals surface area contributed by atoms with Crippen molar-refractivity contribution in [2.75, 3.05) is 12.3 Å². The lowest BCUT2D eigenvalue weighted by atomic mass is 9.96. The number of hydrogen-bond acceptors (Lipinski definition) is 5. The monoisotopic (exact) mass is 234 g/mol. The smallest absolute Gasteiger partial charge is 0.147 e. The summed E-state index contributed by atoms with van der Waals surface area (Å²) in [5.74, 6) is 0.634. The summed E-state index contributed by atoms with van der Waals surface area (Å²) in [5, 5.41) is 4.47. The Kier molecular flexibility index (Phi) is 2.29. The molecular formula is C11H14N4S. The van der Waals surface area contributed by atoms with Crippen LogP contribution in [0, 0.1) is 0 Å². The highest BCUT2D eigenvalue weighted by Gasteiger charge is 2.20. The first-order valence-electron chi connectivity index (χ1n) is 5.57. The minimum Gasteiger partial charge on any atom is -0.382 e. The van der Waals surface area contributed by atoms with Crippen molar-refractivity contribution >= 4 is 27.6 Å². The third kappa shape index (κ3) is 1.32. The quantitative estimate of drug-likeness (QED) is 0.784. The first-order chi connectivity index (χ1) is 7.81. The maximum absolute atomic E-state index is 5.92. The Hall–Kier alpha value is -1.20. The lowest BCUT2D eigenvalue weighted by molar-refractivity contribution is 0.640. The van der Waals surface area contributed by atoms with Crippen LogP contribution in [-0.4, -0.2) is 15.9 Å². The zero-order valence-electron chi connectivity index (χ0n) is 9.21. The number of rotatable bonds is 1. The topological polar surface area (TPSA) is 63.8 Å². The lowest BCUT2D eigenvalue weighted by Gasteiger charge is -2.20. The summed E-state index contributed by atoms with van der Waals surface area (Å²) in [6, 6.07) is 0. The molecule has 0 bridgehead atoms. The number of nitrogens with zero attached hydrogens (tertiary/aromatic N) is 2. The Morgan fingerprint density at radius 2 is 2.31 bits per heavy atom. The number of aryl methyl sites for hydroxylation is 1. The van der Waals surface area contributed by atoms with E-state index in [9.17, 15) is 0 Å². The first-order valence-corrected chi connectivity index (χ1v) is 6.34. The van der Waals surface area contributed by atoms with E-state index in [1.165, 1.54) is 28.4 Å². The van der Waals surface area contributed by atoms with E-state index in [1.807, 2.05) is 0 Å². The van der Waals surface area contributed by atoms with Gasteiger partial charge >= 0.3 is 0 Å². The summed E-state index contributed by atoms with van der Waals surface area (Å²) in [6.45, 7) is 4.08. The van der Waals surface area contributed by atoms with E-state index in [4.69, 9.17) is 5.73 Å². The molecule has 0 unspecified atom stereocenters. The van der Waals surface area contributed by atoms with Crippen molar-refractivity contribution in [3.05, 3.63) is 16.8 Å². The summed E-state index contributed by atoms with van der Waals surface area (Å²) in [7, 11) is 0. The molecule has 3 rings (SSSR count). The van der Waals surface area contributed by atoms with Crippen molar-refractivity contribution in [1.82, 2.24) is 14.7 Å². The highest BCUT2D eigenvalue weighted by molar-refractivity contribution is 7.13. The molecule has 16 heavy (non-hydrogen) atoms. The zero-order chi connectivity index (χ0) is 11.1. The van der Waals surface area contributed by atoms with Crippen LogP contribution in [0.3, 0.4) is 0 Å². The van der Waals surface area contributed by atoms with Crippen LogP contribution < -0.4 is 11.1 Å². The van der Waals surface area contributed by atoms with Crippen LogP contribution >= 0.6 is 11.5 Å². The van der Waals surface area contributed by atoms with Crippen LogP contribution in [0.1, 0.15) is 23.7 Å². The Bertz CT molecular complexity index is 546. The van der Waals surface area contributed by atoms with Crippen molar-refractivity contribution < 1.29 is 0 Å². The number of aromatic nitrogens is 2. The maximum atomic E-state index is 5.92. The van der Waals surface area contributed by atoms with Crippen molar-refractivity contribution in [3.63, 3.8) is 0 Å². The van der Waals surface area contributed by atoms with Gasteiger partial charge in [0.1, 0.15) is 10.6 Å². The zero-order valence-corrected chi connectivity index (χ0v) is 10.0. The maximum Gasteiger partial charge on any atom is 0.147 e. The number of nitrogens with one attached hydrogen (secondary N) is 1. The van der Waals surface area contributed by atoms with Crippen LogP contribution in [0.5, 0.6) is 0 Å². The molecule has 0 radical (unpaired) electrons. The number of hydrogen-bond donors (Lipinski definition) is 2. The summed E-state index contributed by atoms with van der Waals surface area (Å²) in [4.78, 5) is 5.66. The van der Waals surface area contributed by atoms with E-state index < -0.39 is 0 Å². The minimum atomic E-state index is 0.634. The second-order valence-corrected chi connectivity index (χ2v) is 4.80. The van der Waals surface area contributed by atoms with Crippen molar-refractivity contribution in [1.29, 1.82) is 0 Å². The summed E-state index contributed by atoms with van der Waals surface area (Å²) < 4.78 is 4.21. The Morgan fingerprint density at radius 3 is 3.12 bits per heavy atom. The second kappa shape index (κ2) is 3.68. The number of pyridine rings is 1. The average molecular weight is 234 g/mol. The largest absolute Gasteiger partial charge is 0.382 e. The molecule has 0 amide bonds. The van der Waals surface area contributed by atoms with Crippen LogP contribution in [0.2, 0.25) is 0 Å². The van der Waals surface area contributed by atoms with Gasteiger partial charge < -0.3 is 11.1 Å². The highest BCUT2D eigenvalue weighted by Crippen LogP contribution is 2.32. The molecule has 2 aromatic rings. The van der Waals surface area contributed by atoms with Gasteiger partial charge in [0.2, 0.25) is 0 Å². The van der Waals surface area contributed by atoms with E-state index in [0.717, 1.165) is 36.1 Å². The third-order valence-corrected chi connectivity index (χ3v) is 3.90. The molecule has 1 aliphatic heterocycles. The van der Waals surface area contributed by atoms with Gasteiger partial charge in [-0.2, -0.15) is 4.37 Å². The van der Waals surface area contributed by atoms with Gasteiger partial charge in [-0.15, -0.1) is 0 Å². The molecule has 0 spiro atoms. The van der Waals surface area contributed by atoms with Crippen LogP contribution in [0.4, 0.5) is 5.82 Å². The van der Waals surface area contributed by atoms with Gasteiger partial charge in [0.15, 0.2) is 0 Å². The van der Waals surface area contributed by atoms with Gasteiger partial charge in [-0.1, -0.05) is 6.92 Å². The number of anilines is 1. The molecule has 5 heteroatoms. The van der Waals surface area contributed by atoms with Crippen LogP contribution in [-0.2, 0) is 19.4 Å². The molecule has 0 aliphatic carbocycles. The fourth-order valence-corrected chi connectivity index (χ4v) is 3.12. The molecule has 0 saturated heterocycles. The normalized spacial score (nSPS) is 15.3. The van der Waals surface area contributed by atoms with E-state index in [-0.39, 0.29) is 0 Å². The van der Waals surface area contributed by atoms with Crippen molar-refractivity contribution in [3.8, 4) is 0 Å². The Morgan fingerprint density at radius 1 is 1.44 bits per heavy atom. The van der Waals surface area contributed by atoms with Gasteiger partial charge in [0.05, 0.1) is 5.39 Å². The van der Waals surface area contributed by atoms with E-state index in [0.29, 0.717) is 5.82 Å². The molecule has 84 valence electrons. The van der Waals surface area contributed by atoms with E-state index >= 15 is 0 Å². The Balaban J connectivity index is 2.38. The second-order valence-electron chi connectivity index (χ2n) is 4.04. The molecule has 0 aromatic carbocycles. The highest BCUT2D eigenvalue weighted by atomic mass is 32.1. The van der Waals surface area contributed by atoms with Crippen molar-refractivity contribution in [2.24, 2.45) is 0 Å². The SMILES string of the molecule is CCc1nc2snc(N)c2c2c1CCNC2. The number of nitrogens with two attached hydrogens (primary N) is 1. The first kappa shape index (κ1) is 9.99. The molecule has 2 aromatic heterocycles. The summed E-state index contributed by atoms with van der Waals surface area (Å²) in [6.07, 6.45) is 2.03. The van der Waals surface area contributed by atoms with Gasteiger partial charge in [0.25, 0.3) is 0 Å². The number of nitrogen functional groups attached to an aromatic ring is 1.